The number of carbonyl (C=O) groups is 2. The Labute approximate surface area is 157 Å². The number of hydrogen-bond donors (Lipinski definition) is 2. The van der Waals surface area contributed by atoms with E-state index in [9.17, 15) is 18.4 Å². The maximum atomic E-state index is 13.3. The monoisotopic (exact) mass is 376 g/mol. The molecule has 0 fully saturated rings. The molecule has 144 valence electrons. The highest BCUT2D eigenvalue weighted by Gasteiger charge is 2.26. The fourth-order valence-corrected chi connectivity index (χ4v) is 2.71. The Balaban J connectivity index is 1.89. The Kier molecular flexibility index (Phi) is 7.01. The highest BCUT2D eigenvalue weighted by molar-refractivity contribution is 5.91. The van der Waals surface area contributed by atoms with Gasteiger partial charge < -0.3 is 15.1 Å². The summed E-state index contributed by atoms with van der Waals surface area (Å²) in [5, 5.41) is 2.62. The van der Waals surface area contributed by atoms with Crippen LogP contribution in [0.4, 0.5) is 14.5 Å². The van der Waals surface area contributed by atoms with Gasteiger partial charge >= 0.3 is 0 Å². The fraction of sp³-hybridized carbons (Fsp3) is 0.300. The van der Waals surface area contributed by atoms with E-state index in [1.165, 1.54) is 35.2 Å². The smallest absolute Gasteiger partial charge is 0.280 e. The van der Waals surface area contributed by atoms with Gasteiger partial charge in [-0.05, 0) is 42.8 Å². The number of amides is 2. The molecule has 2 rings (SSSR count). The van der Waals surface area contributed by atoms with E-state index in [2.05, 4.69) is 5.32 Å². The van der Waals surface area contributed by atoms with Gasteiger partial charge in [0.1, 0.15) is 11.6 Å². The summed E-state index contributed by atoms with van der Waals surface area (Å²) in [6.45, 7) is 2.07. The van der Waals surface area contributed by atoms with E-state index in [0.717, 1.165) is 0 Å². The topological polar surface area (TPSA) is 53.9 Å². The molecule has 0 aliphatic carbocycles. The molecular weight excluding hydrogens is 352 g/mol. The minimum Gasteiger partial charge on any atom is -0.336 e. The van der Waals surface area contributed by atoms with Crippen LogP contribution in [0.25, 0.3) is 0 Å². The standard InChI is InChI=1S/C20H23F2N3O2/c1-14(20(27)25(3)12-15-6-4-7-16(21)10-15)24(2)13-19(26)23-18-9-5-8-17(22)11-18/h4-11,14H,12-13H2,1-3H3,(H,23,26)/p+1/t14-/m0/s1. The van der Waals surface area contributed by atoms with Crippen molar-refractivity contribution in [2.75, 3.05) is 26.0 Å². The first kappa shape index (κ1) is 20.5. The molecule has 0 radical (unpaired) electrons. The lowest BCUT2D eigenvalue weighted by molar-refractivity contribution is -0.886. The zero-order valence-electron chi connectivity index (χ0n) is 15.6. The molecule has 2 amide bonds. The first-order valence-corrected chi connectivity index (χ1v) is 8.63. The van der Waals surface area contributed by atoms with Crippen LogP contribution in [0.3, 0.4) is 0 Å². The number of anilines is 1. The number of benzene rings is 2. The lowest BCUT2D eigenvalue weighted by Gasteiger charge is -2.25. The van der Waals surface area contributed by atoms with Gasteiger partial charge in [0.15, 0.2) is 12.6 Å². The first-order valence-electron chi connectivity index (χ1n) is 8.63. The second kappa shape index (κ2) is 9.23. The third-order valence-corrected chi connectivity index (χ3v) is 4.34. The number of likely N-dealkylation sites (N-methyl/N-ethyl adjacent to an activating group) is 2. The van der Waals surface area contributed by atoms with E-state index < -0.39 is 11.9 Å². The van der Waals surface area contributed by atoms with Gasteiger partial charge in [-0.15, -0.1) is 0 Å². The van der Waals surface area contributed by atoms with Gasteiger partial charge in [-0.2, -0.15) is 0 Å². The number of nitrogens with one attached hydrogen (secondary N) is 2. The quantitative estimate of drug-likeness (QED) is 0.769. The number of halogens is 2. The Bertz CT molecular complexity index is 813. The summed E-state index contributed by atoms with van der Waals surface area (Å²) in [5.41, 5.74) is 1.06. The van der Waals surface area contributed by atoms with Crippen molar-refractivity contribution in [3.05, 3.63) is 65.7 Å². The zero-order chi connectivity index (χ0) is 20.0. The van der Waals surface area contributed by atoms with Gasteiger partial charge in [0.2, 0.25) is 0 Å². The molecule has 0 aromatic heterocycles. The minimum atomic E-state index is -0.471. The van der Waals surface area contributed by atoms with Crippen LogP contribution in [0.2, 0.25) is 0 Å². The van der Waals surface area contributed by atoms with Crippen LogP contribution >= 0.6 is 0 Å². The van der Waals surface area contributed by atoms with E-state index >= 15 is 0 Å². The van der Waals surface area contributed by atoms with Gasteiger partial charge in [0, 0.05) is 19.3 Å². The molecule has 0 bridgehead atoms. The van der Waals surface area contributed by atoms with Crippen LogP contribution in [0.5, 0.6) is 0 Å². The van der Waals surface area contributed by atoms with Crippen LogP contribution in [-0.2, 0) is 16.1 Å². The molecule has 5 nitrogen and oxygen atoms in total. The molecule has 0 saturated heterocycles. The zero-order valence-corrected chi connectivity index (χ0v) is 15.6. The van der Waals surface area contributed by atoms with Crippen molar-refractivity contribution in [3.63, 3.8) is 0 Å². The lowest BCUT2D eigenvalue weighted by atomic mass is 10.2. The first-order chi connectivity index (χ1) is 12.8. The normalized spacial score (nSPS) is 12.9. The molecule has 0 saturated carbocycles. The number of quaternary nitrogens is 1. The summed E-state index contributed by atoms with van der Waals surface area (Å²) in [5.74, 6) is -1.25. The number of rotatable bonds is 7. The second-order valence-corrected chi connectivity index (χ2v) is 6.63. The maximum absolute atomic E-state index is 13.3. The van der Waals surface area contributed by atoms with Crippen molar-refractivity contribution in [2.45, 2.75) is 19.5 Å². The molecule has 2 atom stereocenters. The summed E-state index contributed by atoms with van der Waals surface area (Å²) < 4.78 is 26.5. The van der Waals surface area contributed by atoms with E-state index in [1.54, 1.807) is 39.2 Å². The molecule has 2 aromatic rings. The largest absolute Gasteiger partial charge is 0.336 e. The van der Waals surface area contributed by atoms with Crippen molar-refractivity contribution in [1.29, 1.82) is 0 Å². The summed E-state index contributed by atoms with van der Waals surface area (Å²) in [6, 6.07) is 11.2. The van der Waals surface area contributed by atoms with Gasteiger partial charge in [-0.3, -0.25) is 9.59 Å². The fourth-order valence-electron chi connectivity index (χ4n) is 2.71. The summed E-state index contributed by atoms with van der Waals surface area (Å²) in [4.78, 5) is 26.9. The third kappa shape index (κ3) is 6.14. The van der Waals surface area contributed by atoms with Crippen molar-refractivity contribution in [1.82, 2.24) is 4.90 Å². The molecule has 0 aliphatic heterocycles. The SMILES string of the molecule is C[C@@H](C(=O)N(C)Cc1cccc(F)c1)[NH+](C)CC(=O)Nc1cccc(F)c1. The van der Waals surface area contributed by atoms with Crippen molar-refractivity contribution in [3.8, 4) is 0 Å². The Morgan fingerprint density at radius 3 is 2.37 bits per heavy atom. The maximum Gasteiger partial charge on any atom is 0.280 e. The minimum absolute atomic E-state index is 0.0528. The molecule has 27 heavy (non-hydrogen) atoms. The summed E-state index contributed by atoms with van der Waals surface area (Å²) in [7, 11) is 3.38. The van der Waals surface area contributed by atoms with E-state index in [0.29, 0.717) is 16.2 Å². The van der Waals surface area contributed by atoms with Gasteiger partial charge in [0.05, 0.1) is 7.05 Å². The summed E-state index contributed by atoms with van der Waals surface area (Å²) in [6.07, 6.45) is 0. The van der Waals surface area contributed by atoms with Crippen molar-refractivity contribution < 1.29 is 23.3 Å². The van der Waals surface area contributed by atoms with Crippen LogP contribution in [-0.4, -0.2) is 43.4 Å². The number of carbonyl (C=O) groups excluding carboxylic acids is 2. The average Bonchev–Trinajstić information content (AvgIpc) is 2.60. The molecule has 0 spiro atoms. The highest BCUT2D eigenvalue weighted by atomic mass is 19.1. The van der Waals surface area contributed by atoms with Crippen molar-refractivity contribution in [2.24, 2.45) is 0 Å². The van der Waals surface area contributed by atoms with Crippen LogP contribution in [0, 0.1) is 11.6 Å². The predicted molar refractivity (Wildman–Crippen MR) is 99.1 cm³/mol. The van der Waals surface area contributed by atoms with Crippen LogP contribution in [0.1, 0.15) is 12.5 Å². The molecule has 1 unspecified atom stereocenters. The number of nitrogens with zero attached hydrogens (tertiary/aromatic N) is 1. The third-order valence-electron chi connectivity index (χ3n) is 4.34. The molecule has 2 aromatic carbocycles. The Morgan fingerprint density at radius 2 is 1.74 bits per heavy atom. The van der Waals surface area contributed by atoms with Crippen LogP contribution in [0.15, 0.2) is 48.5 Å². The second-order valence-electron chi connectivity index (χ2n) is 6.63. The summed E-state index contributed by atoms with van der Waals surface area (Å²) >= 11 is 0. The molecule has 7 heteroatoms. The molecule has 0 aliphatic rings. The molecule has 2 N–H and O–H groups in total. The average molecular weight is 376 g/mol. The highest BCUT2D eigenvalue weighted by Crippen LogP contribution is 2.09. The molecule has 0 heterocycles. The lowest BCUT2D eigenvalue weighted by Crippen LogP contribution is -3.15. The van der Waals surface area contributed by atoms with E-state index in [1.807, 2.05) is 0 Å². The molecular formula is C20H24F2N3O2+. The van der Waals surface area contributed by atoms with E-state index in [4.69, 9.17) is 0 Å². The Morgan fingerprint density at radius 1 is 1.11 bits per heavy atom. The van der Waals surface area contributed by atoms with Crippen LogP contribution < -0.4 is 10.2 Å². The van der Waals surface area contributed by atoms with Gasteiger partial charge in [-0.1, -0.05) is 18.2 Å². The van der Waals surface area contributed by atoms with Crippen molar-refractivity contribution >= 4 is 17.5 Å². The predicted octanol–water partition coefficient (Wildman–Crippen LogP) is 1.47. The van der Waals surface area contributed by atoms with E-state index in [-0.39, 0.29) is 30.7 Å². The number of hydrogen-bond acceptors (Lipinski definition) is 2. The van der Waals surface area contributed by atoms with Gasteiger partial charge in [0.25, 0.3) is 11.8 Å². The Hall–Kier alpha value is -2.80. The van der Waals surface area contributed by atoms with Gasteiger partial charge in [-0.25, -0.2) is 8.78 Å².